The molecular weight excluding hydrogens is 295 g/mol. The first-order chi connectivity index (χ1) is 10.4. The van der Waals surface area contributed by atoms with Crippen LogP contribution in [0, 0.1) is 0 Å². The number of benzene rings is 2. The van der Waals surface area contributed by atoms with Gasteiger partial charge in [0.05, 0.1) is 23.4 Å². The van der Waals surface area contributed by atoms with Gasteiger partial charge in [0.2, 0.25) is 0 Å². The summed E-state index contributed by atoms with van der Waals surface area (Å²) in [4.78, 5) is 11.6. The van der Waals surface area contributed by atoms with E-state index in [1.807, 2.05) is 0 Å². The molecule has 0 aromatic heterocycles. The summed E-state index contributed by atoms with van der Waals surface area (Å²) in [5.41, 5.74) is -0.189. The Morgan fingerprint density at radius 2 is 1.86 bits per heavy atom. The number of anilines is 2. The van der Waals surface area contributed by atoms with Crippen LogP contribution in [0.4, 0.5) is 24.5 Å². The Kier molecular flexibility index (Phi) is 4.70. The number of para-hydroxylation sites is 1. The molecule has 0 atom stereocenters. The molecule has 6 heteroatoms. The normalized spacial score (nSPS) is 11.1. The quantitative estimate of drug-likeness (QED) is 0.837. The summed E-state index contributed by atoms with van der Waals surface area (Å²) in [5, 5.41) is 2.69. The average molecular weight is 309 g/mol. The van der Waals surface area contributed by atoms with E-state index in [2.05, 4.69) is 5.32 Å². The highest BCUT2D eigenvalue weighted by molar-refractivity contribution is 5.90. The molecule has 0 amide bonds. The van der Waals surface area contributed by atoms with Crippen molar-refractivity contribution in [3.05, 3.63) is 59.7 Å². The molecule has 0 fully saturated rings. The molecule has 0 saturated heterocycles. The minimum Gasteiger partial charge on any atom is -0.462 e. The maximum absolute atomic E-state index is 12.9. The highest BCUT2D eigenvalue weighted by atomic mass is 19.4. The molecule has 2 aromatic carbocycles. The summed E-state index contributed by atoms with van der Waals surface area (Å²) < 4.78 is 43.7. The third-order valence-corrected chi connectivity index (χ3v) is 2.89. The molecule has 0 spiro atoms. The van der Waals surface area contributed by atoms with Gasteiger partial charge in [-0.1, -0.05) is 18.2 Å². The van der Waals surface area contributed by atoms with Gasteiger partial charge in [0.1, 0.15) is 0 Å². The van der Waals surface area contributed by atoms with Gasteiger partial charge in [-0.25, -0.2) is 4.79 Å². The molecule has 116 valence electrons. The van der Waals surface area contributed by atoms with Gasteiger partial charge in [0.15, 0.2) is 0 Å². The van der Waals surface area contributed by atoms with E-state index in [9.17, 15) is 18.0 Å². The van der Waals surface area contributed by atoms with Crippen molar-refractivity contribution in [1.82, 2.24) is 0 Å². The lowest BCUT2D eigenvalue weighted by Gasteiger charge is -2.14. The van der Waals surface area contributed by atoms with E-state index in [0.717, 1.165) is 6.07 Å². The van der Waals surface area contributed by atoms with Crippen LogP contribution in [0.15, 0.2) is 48.5 Å². The van der Waals surface area contributed by atoms with Crippen molar-refractivity contribution in [2.24, 2.45) is 0 Å². The first kappa shape index (κ1) is 15.9. The highest BCUT2D eigenvalue weighted by Crippen LogP contribution is 2.35. The van der Waals surface area contributed by atoms with Crippen LogP contribution in [0.2, 0.25) is 0 Å². The third kappa shape index (κ3) is 3.78. The molecule has 0 aliphatic carbocycles. The van der Waals surface area contributed by atoms with Gasteiger partial charge >= 0.3 is 12.1 Å². The third-order valence-electron chi connectivity index (χ3n) is 2.89. The molecule has 2 rings (SSSR count). The van der Waals surface area contributed by atoms with Crippen molar-refractivity contribution in [3.8, 4) is 0 Å². The number of nitrogens with one attached hydrogen (secondary N) is 1. The number of rotatable bonds is 4. The van der Waals surface area contributed by atoms with Gasteiger partial charge < -0.3 is 10.1 Å². The summed E-state index contributed by atoms with van der Waals surface area (Å²) in [6, 6.07) is 11.3. The van der Waals surface area contributed by atoms with Crippen LogP contribution >= 0.6 is 0 Å². The Bertz CT molecular complexity index is 668. The molecule has 2 aromatic rings. The van der Waals surface area contributed by atoms with Crippen LogP contribution in [0.3, 0.4) is 0 Å². The number of hydrogen-bond donors (Lipinski definition) is 1. The second-order valence-electron chi connectivity index (χ2n) is 4.47. The lowest BCUT2D eigenvalue weighted by Crippen LogP contribution is -2.09. The van der Waals surface area contributed by atoms with Gasteiger partial charge in [-0.2, -0.15) is 13.2 Å². The number of halogens is 3. The Balaban J connectivity index is 2.29. The molecule has 0 aliphatic rings. The smallest absolute Gasteiger partial charge is 0.418 e. The summed E-state index contributed by atoms with van der Waals surface area (Å²) in [5.74, 6) is -0.518. The largest absolute Gasteiger partial charge is 0.462 e. The van der Waals surface area contributed by atoms with E-state index in [4.69, 9.17) is 4.74 Å². The van der Waals surface area contributed by atoms with E-state index < -0.39 is 17.7 Å². The summed E-state index contributed by atoms with van der Waals surface area (Å²) in [7, 11) is 0. The first-order valence-corrected chi connectivity index (χ1v) is 6.62. The van der Waals surface area contributed by atoms with Crippen molar-refractivity contribution in [3.63, 3.8) is 0 Å². The Labute approximate surface area is 125 Å². The highest BCUT2D eigenvalue weighted by Gasteiger charge is 2.33. The van der Waals surface area contributed by atoms with Crippen molar-refractivity contribution in [2.75, 3.05) is 11.9 Å². The zero-order valence-corrected chi connectivity index (χ0v) is 11.8. The van der Waals surface area contributed by atoms with E-state index in [0.29, 0.717) is 5.69 Å². The second kappa shape index (κ2) is 6.51. The number of carbonyl (C=O) groups excluding carboxylic acids is 1. The predicted octanol–water partition coefficient (Wildman–Crippen LogP) is 4.63. The molecule has 22 heavy (non-hydrogen) atoms. The lowest BCUT2D eigenvalue weighted by atomic mass is 10.1. The van der Waals surface area contributed by atoms with Crippen LogP contribution in [0.1, 0.15) is 22.8 Å². The summed E-state index contributed by atoms with van der Waals surface area (Å²) in [6.45, 7) is 1.91. The van der Waals surface area contributed by atoms with E-state index >= 15 is 0 Å². The topological polar surface area (TPSA) is 38.3 Å². The van der Waals surface area contributed by atoms with Crippen molar-refractivity contribution >= 4 is 17.3 Å². The van der Waals surface area contributed by atoms with E-state index in [-0.39, 0.29) is 17.9 Å². The summed E-state index contributed by atoms with van der Waals surface area (Å²) >= 11 is 0. The van der Waals surface area contributed by atoms with Crippen LogP contribution in [0.5, 0.6) is 0 Å². The van der Waals surface area contributed by atoms with Crippen molar-refractivity contribution < 1.29 is 22.7 Å². The van der Waals surface area contributed by atoms with Gasteiger partial charge in [-0.3, -0.25) is 0 Å². The molecule has 0 heterocycles. The molecule has 1 N–H and O–H groups in total. The van der Waals surface area contributed by atoms with Crippen LogP contribution in [0.25, 0.3) is 0 Å². The Morgan fingerprint density at radius 1 is 1.14 bits per heavy atom. The fraction of sp³-hybridized carbons (Fsp3) is 0.188. The number of hydrogen-bond acceptors (Lipinski definition) is 3. The number of alkyl halides is 3. The maximum Gasteiger partial charge on any atom is 0.418 e. The fourth-order valence-electron chi connectivity index (χ4n) is 1.93. The van der Waals surface area contributed by atoms with Gasteiger partial charge in [0, 0.05) is 5.69 Å². The average Bonchev–Trinajstić information content (AvgIpc) is 2.47. The molecule has 0 unspecified atom stereocenters. The monoisotopic (exact) mass is 309 g/mol. The maximum atomic E-state index is 12.9. The molecular formula is C16H14F3NO2. The Morgan fingerprint density at radius 3 is 2.55 bits per heavy atom. The van der Waals surface area contributed by atoms with E-state index in [1.165, 1.54) is 24.3 Å². The second-order valence-corrected chi connectivity index (χ2v) is 4.47. The number of esters is 1. The molecule has 0 bridgehead atoms. The number of carbonyl (C=O) groups is 1. The van der Waals surface area contributed by atoms with Crippen LogP contribution in [-0.2, 0) is 10.9 Å². The SMILES string of the molecule is CCOC(=O)c1cccc(Nc2ccccc2C(F)(F)F)c1. The summed E-state index contributed by atoms with van der Waals surface area (Å²) in [6.07, 6.45) is -4.46. The fourth-order valence-corrected chi connectivity index (χ4v) is 1.93. The molecule has 0 saturated carbocycles. The van der Waals surface area contributed by atoms with Crippen molar-refractivity contribution in [1.29, 1.82) is 0 Å². The minimum absolute atomic E-state index is 0.0731. The Hall–Kier alpha value is -2.50. The minimum atomic E-state index is -4.46. The van der Waals surface area contributed by atoms with Crippen molar-refractivity contribution in [2.45, 2.75) is 13.1 Å². The zero-order chi connectivity index (χ0) is 16.2. The van der Waals surface area contributed by atoms with Gasteiger partial charge in [-0.05, 0) is 37.3 Å². The molecule has 0 radical (unpaired) electrons. The van der Waals surface area contributed by atoms with E-state index in [1.54, 1.807) is 25.1 Å². The lowest BCUT2D eigenvalue weighted by molar-refractivity contribution is -0.136. The standard InChI is InChI=1S/C16H14F3NO2/c1-2-22-15(21)11-6-5-7-12(10-11)20-14-9-4-3-8-13(14)16(17,18)19/h3-10,20H,2H2,1H3. The van der Waals surface area contributed by atoms with Crippen LogP contribution in [-0.4, -0.2) is 12.6 Å². The zero-order valence-electron chi connectivity index (χ0n) is 11.8. The molecule has 0 aliphatic heterocycles. The van der Waals surface area contributed by atoms with Crippen LogP contribution < -0.4 is 5.32 Å². The van der Waals surface area contributed by atoms with Gasteiger partial charge in [-0.15, -0.1) is 0 Å². The first-order valence-electron chi connectivity index (χ1n) is 6.62. The molecule has 3 nitrogen and oxygen atoms in total. The van der Waals surface area contributed by atoms with Gasteiger partial charge in [0.25, 0.3) is 0 Å². The number of ether oxygens (including phenoxy) is 1. The predicted molar refractivity (Wildman–Crippen MR) is 77.1 cm³/mol.